The Morgan fingerprint density at radius 1 is 1.18 bits per heavy atom. The van der Waals surface area contributed by atoms with Crippen molar-refractivity contribution in [2.75, 3.05) is 11.5 Å². The van der Waals surface area contributed by atoms with Gasteiger partial charge in [0.1, 0.15) is 5.60 Å². The number of hydrogen-bond acceptors (Lipinski definition) is 5. The molecule has 0 aliphatic rings. The minimum Gasteiger partial charge on any atom is -0.455 e. The van der Waals surface area contributed by atoms with Crippen molar-refractivity contribution in [1.29, 1.82) is 0 Å². The molecule has 0 unspecified atom stereocenters. The maximum absolute atomic E-state index is 11.9. The summed E-state index contributed by atoms with van der Waals surface area (Å²) in [6, 6.07) is 0. The molecule has 0 spiro atoms. The largest absolute Gasteiger partial charge is 0.455 e. The highest BCUT2D eigenvalue weighted by atomic mass is 16.6. The lowest BCUT2D eigenvalue weighted by Crippen LogP contribution is -2.25. The lowest BCUT2D eigenvalue weighted by molar-refractivity contribution is 0.00619. The molecule has 94 valence electrons. The molecule has 0 saturated heterocycles. The normalized spacial score (nSPS) is 11.4. The van der Waals surface area contributed by atoms with Crippen LogP contribution in [0.1, 0.15) is 42.5 Å². The molecular formula is C12H19N3O2. The quantitative estimate of drug-likeness (QED) is 0.727. The summed E-state index contributed by atoms with van der Waals surface area (Å²) in [4.78, 5) is 16.1. The molecule has 4 N–H and O–H groups in total. The van der Waals surface area contributed by atoms with E-state index in [0.29, 0.717) is 22.6 Å². The van der Waals surface area contributed by atoms with E-state index in [-0.39, 0.29) is 5.69 Å². The third kappa shape index (κ3) is 2.87. The molecule has 1 heterocycles. The second-order valence-electron chi connectivity index (χ2n) is 5.00. The zero-order chi connectivity index (χ0) is 13.4. The van der Waals surface area contributed by atoms with Gasteiger partial charge in [-0.25, -0.2) is 9.78 Å². The lowest BCUT2D eigenvalue weighted by Gasteiger charge is -2.20. The van der Waals surface area contributed by atoms with E-state index in [2.05, 4.69) is 4.98 Å². The Morgan fingerprint density at radius 3 is 2.18 bits per heavy atom. The summed E-state index contributed by atoms with van der Waals surface area (Å²) in [6.07, 6.45) is 0. The van der Waals surface area contributed by atoms with Crippen LogP contribution in [0.25, 0.3) is 0 Å². The molecule has 0 fully saturated rings. The summed E-state index contributed by atoms with van der Waals surface area (Å²) in [6.45, 7) is 8.81. The van der Waals surface area contributed by atoms with Crippen LogP contribution in [0.3, 0.4) is 0 Å². The molecule has 0 bridgehead atoms. The number of pyridine rings is 1. The average Bonchev–Trinajstić information content (AvgIpc) is 2.17. The Morgan fingerprint density at radius 2 is 1.71 bits per heavy atom. The first-order valence-corrected chi connectivity index (χ1v) is 5.39. The van der Waals surface area contributed by atoms with E-state index in [4.69, 9.17) is 16.2 Å². The van der Waals surface area contributed by atoms with Gasteiger partial charge in [-0.1, -0.05) is 0 Å². The molecule has 0 amide bonds. The van der Waals surface area contributed by atoms with Crippen molar-refractivity contribution in [2.45, 2.75) is 40.2 Å². The molecule has 17 heavy (non-hydrogen) atoms. The maximum atomic E-state index is 11.9. The number of anilines is 2. The fraction of sp³-hybridized carbons (Fsp3) is 0.500. The molecule has 1 aromatic heterocycles. The Balaban J connectivity index is 3.20. The Bertz CT molecular complexity index is 462. The van der Waals surface area contributed by atoms with Gasteiger partial charge in [0.05, 0.1) is 17.1 Å². The number of carbonyl (C=O) groups excluding carboxylic acids is 1. The SMILES string of the molecule is Cc1nc(C(=O)OC(C)(C)C)c(C)c(N)c1N. The molecule has 0 aliphatic carbocycles. The van der Waals surface area contributed by atoms with Crippen LogP contribution in [0.2, 0.25) is 0 Å². The van der Waals surface area contributed by atoms with Crippen LogP contribution < -0.4 is 11.5 Å². The van der Waals surface area contributed by atoms with Crippen molar-refractivity contribution in [2.24, 2.45) is 0 Å². The smallest absolute Gasteiger partial charge is 0.357 e. The van der Waals surface area contributed by atoms with Crippen molar-refractivity contribution in [3.8, 4) is 0 Å². The van der Waals surface area contributed by atoms with E-state index >= 15 is 0 Å². The summed E-state index contributed by atoms with van der Waals surface area (Å²) in [5, 5.41) is 0. The highest BCUT2D eigenvalue weighted by molar-refractivity contribution is 5.92. The number of nitrogen functional groups attached to an aromatic ring is 2. The molecule has 5 heteroatoms. The van der Waals surface area contributed by atoms with Gasteiger partial charge in [0.2, 0.25) is 0 Å². The van der Waals surface area contributed by atoms with Crippen LogP contribution in [-0.2, 0) is 4.74 Å². The minimum atomic E-state index is -0.560. The monoisotopic (exact) mass is 237 g/mol. The summed E-state index contributed by atoms with van der Waals surface area (Å²) >= 11 is 0. The standard InChI is InChI=1S/C12H19N3O2/c1-6-8(13)9(14)7(2)15-10(6)11(16)17-12(3,4)5/h14H2,1-5H3,(H2,13,15). The zero-order valence-corrected chi connectivity index (χ0v) is 10.9. The fourth-order valence-electron chi connectivity index (χ4n) is 1.36. The molecule has 0 atom stereocenters. The van der Waals surface area contributed by atoms with E-state index in [1.807, 2.05) is 0 Å². The zero-order valence-electron chi connectivity index (χ0n) is 10.9. The predicted molar refractivity (Wildman–Crippen MR) is 67.7 cm³/mol. The second-order valence-corrected chi connectivity index (χ2v) is 5.00. The first-order valence-electron chi connectivity index (χ1n) is 5.39. The number of carbonyl (C=O) groups is 1. The van der Waals surface area contributed by atoms with Crippen molar-refractivity contribution in [3.63, 3.8) is 0 Å². The van der Waals surface area contributed by atoms with E-state index < -0.39 is 11.6 Å². The van der Waals surface area contributed by atoms with Crippen LogP contribution >= 0.6 is 0 Å². The van der Waals surface area contributed by atoms with E-state index in [1.165, 1.54) is 0 Å². The molecule has 0 saturated carbocycles. The molecule has 1 rings (SSSR count). The third-order valence-corrected chi connectivity index (χ3v) is 2.31. The Labute approximate surface area is 101 Å². The molecule has 5 nitrogen and oxygen atoms in total. The highest BCUT2D eigenvalue weighted by Crippen LogP contribution is 2.25. The van der Waals surface area contributed by atoms with Gasteiger partial charge >= 0.3 is 5.97 Å². The van der Waals surface area contributed by atoms with E-state index in [9.17, 15) is 4.79 Å². The van der Waals surface area contributed by atoms with Gasteiger partial charge in [0.25, 0.3) is 0 Å². The van der Waals surface area contributed by atoms with Crippen molar-refractivity contribution in [3.05, 3.63) is 17.0 Å². The minimum absolute atomic E-state index is 0.226. The van der Waals surface area contributed by atoms with Crippen LogP contribution in [0, 0.1) is 13.8 Å². The van der Waals surface area contributed by atoms with Gasteiger partial charge < -0.3 is 16.2 Å². The van der Waals surface area contributed by atoms with Crippen molar-refractivity contribution < 1.29 is 9.53 Å². The Kier molecular flexibility index (Phi) is 3.31. The molecule has 0 aliphatic heterocycles. The van der Waals surface area contributed by atoms with Gasteiger partial charge in [-0.3, -0.25) is 0 Å². The summed E-state index contributed by atoms with van der Waals surface area (Å²) in [5.74, 6) is -0.482. The van der Waals surface area contributed by atoms with Gasteiger partial charge in [0, 0.05) is 5.56 Å². The summed E-state index contributed by atoms with van der Waals surface area (Å²) in [7, 11) is 0. The van der Waals surface area contributed by atoms with Crippen LogP contribution in [-0.4, -0.2) is 16.6 Å². The number of aromatic nitrogens is 1. The predicted octanol–water partition coefficient (Wildman–Crippen LogP) is 1.82. The number of hydrogen-bond donors (Lipinski definition) is 2. The highest BCUT2D eigenvalue weighted by Gasteiger charge is 2.22. The fourth-order valence-corrected chi connectivity index (χ4v) is 1.36. The molecule has 1 aromatic rings. The van der Waals surface area contributed by atoms with Gasteiger partial charge in [0.15, 0.2) is 5.69 Å². The van der Waals surface area contributed by atoms with Gasteiger partial charge in [-0.2, -0.15) is 0 Å². The average molecular weight is 237 g/mol. The summed E-state index contributed by atoms with van der Waals surface area (Å²) < 4.78 is 5.26. The van der Waals surface area contributed by atoms with Crippen molar-refractivity contribution in [1.82, 2.24) is 4.98 Å². The molecule has 0 radical (unpaired) electrons. The molecule has 0 aromatic carbocycles. The van der Waals surface area contributed by atoms with Crippen LogP contribution in [0.15, 0.2) is 0 Å². The second kappa shape index (κ2) is 4.24. The van der Waals surface area contributed by atoms with Gasteiger partial charge in [-0.15, -0.1) is 0 Å². The number of aryl methyl sites for hydroxylation is 1. The number of nitrogens with zero attached hydrogens (tertiary/aromatic N) is 1. The first-order chi connectivity index (χ1) is 7.63. The number of nitrogens with two attached hydrogens (primary N) is 2. The van der Waals surface area contributed by atoms with E-state index in [1.54, 1.807) is 34.6 Å². The lowest BCUT2D eigenvalue weighted by atomic mass is 10.1. The topological polar surface area (TPSA) is 91.2 Å². The summed E-state index contributed by atoms with van der Waals surface area (Å²) in [5.41, 5.74) is 13.1. The van der Waals surface area contributed by atoms with Gasteiger partial charge in [-0.05, 0) is 34.6 Å². The number of esters is 1. The first kappa shape index (κ1) is 13.3. The third-order valence-electron chi connectivity index (χ3n) is 2.31. The van der Waals surface area contributed by atoms with Crippen molar-refractivity contribution >= 4 is 17.3 Å². The number of rotatable bonds is 1. The Hall–Kier alpha value is -1.78. The number of ether oxygens (including phenoxy) is 1. The van der Waals surface area contributed by atoms with Crippen LogP contribution in [0.5, 0.6) is 0 Å². The van der Waals surface area contributed by atoms with E-state index in [0.717, 1.165) is 0 Å². The van der Waals surface area contributed by atoms with Crippen LogP contribution in [0.4, 0.5) is 11.4 Å². The molecular weight excluding hydrogens is 218 g/mol. The maximum Gasteiger partial charge on any atom is 0.357 e.